The highest BCUT2D eigenvalue weighted by atomic mass is 32.2. The third kappa shape index (κ3) is 5.37. The number of ether oxygens (including phenoxy) is 1. The van der Waals surface area contributed by atoms with E-state index in [1.165, 1.54) is 31.4 Å². The molecule has 0 saturated heterocycles. The van der Waals surface area contributed by atoms with Gasteiger partial charge in [-0.1, -0.05) is 38.1 Å². The van der Waals surface area contributed by atoms with Gasteiger partial charge in [-0.2, -0.15) is 8.42 Å². The van der Waals surface area contributed by atoms with Crippen LogP contribution in [0.25, 0.3) is 5.76 Å². The molecule has 2 aromatic carbocycles. The number of aliphatic hydroxyl groups excluding tert-OH is 1. The largest absolute Gasteiger partial charge is 0.506 e. The Morgan fingerprint density at radius 2 is 1.88 bits per heavy atom. The molecule has 3 N–H and O–H groups in total. The van der Waals surface area contributed by atoms with E-state index < -0.39 is 37.1 Å². The average molecular weight is 593 g/mol. The smallest absolute Gasteiger partial charge is 0.286 e. The lowest BCUT2D eigenvalue weighted by molar-refractivity contribution is -0.243. The van der Waals surface area contributed by atoms with Crippen LogP contribution in [0, 0.1) is 5.92 Å². The number of carbonyl (C=O) groups excluding carboxylic acids is 1. The van der Waals surface area contributed by atoms with E-state index in [9.17, 15) is 26.7 Å². The first-order valence-corrected chi connectivity index (χ1v) is 15.7. The first-order chi connectivity index (χ1) is 18.7. The molecule has 1 unspecified atom stereocenters. The molecule has 216 valence electrons. The van der Waals surface area contributed by atoms with Crippen molar-refractivity contribution in [2.75, 3.05) is 37.2 Å². The molecule has 4 rings (SSSR count). The van der Waals surface area contributed by atoms with Gasteiger partial charge in [-0.3, -0.25) is 14.4 Å². The summed E-state index contributed by atoms with van der Waals surface area (Å²) in [5.74, 6) is -1.22. The Hall–Kier alpha value is -3.30. The molecule has 1 aliphatic carbocycles. The standard InChI is InChI=1S/C26H32N4O8S2/c1-16(2)12-13-26(30(38-4)15-37-3)19-9-7-6-8-18(19)23(31)22(24(26)32)25-27-20-11-10-17(28-39(5,33)34)14-21(20)40(35,36)29-25/h6-11,14,16,28,31H,12-13,15H2,1-5H3,(H,27,29). The lowest BCUT2D eigenvalue weighted by Gasteiger charge is -2.44. The first-order valence-electron chi connectivity index (χ1n) is 12.4. The Kier molecular flexibility index (Phi) is 8.11. The summed E-state index contributed by atoms with van der Waals surface area (Å²) in [6.45, 7) is 3.93. The van der Waals surface area contributed by atoms with Crippen LogP contribution in [0.1, 0.15) is 37.8 Å². The lowest BCUT2D eigenvalue weighted by atomic mass is 9.71. The number of hydrogen-bond donors (Lipinski definition) is 3. The maximum Gasteiger partial charge on any atom is 0.286 e. The summed E-state index contributed by atoms with van der Waals surface area (Å²) in [5.41, 5.74) is -0.920. The average Bonchev–Trinajstić information content (AvgIpc) is 2.87. The first kappa shape index (κ1) is 29.7. The van der Waals surface area contributed by atoms with Gasteiger partial charge in [0.1, 0.15) is 28.5 Å². The number of fused-ring (bicyclic) bond motifs is 2. The number of benzene rings is 2. The van der Waals surface area contributed by atoms with Crippen LogP contribution in [0.15, 0.2) is 57.3 Å². The Balaban J connectivity index is 1.92. The van der Waals surface area contributed by atoms with Gasteiger partial charge >= 0.3 is 0 Å². The van der Waals surface area contributed by atoms with Gasteiger partial charge in [0.25, 0.3) is 10.0 Å². The Morgan fingerprint density at radius 3 is 2.50 bits per heavy atom. The van der Waals surface area contributed by atoms with Crippen LogP contribution >= 0.6 is 0 Å². The van der Waals surface area contributed by atoms with Gasteiger partial charge in [0.2, 0.25) is 10.0 Å². The molecule has 12 nitrogen and oxygen atoms in total. The van der Waals surface area contributed by atoms with E-state index in [1.54, 1.807) is 24.3 Å². The Bertz CT molecular complexity index is 1620. The lowest BCUT2D eigenvalue weighted by Crippen LogP contribution is -2.56. The number of Topliss-reactive ketones (excluding diaryl/α,β-unsaturated/α-hetero) is 1. The van der Waals surface area contributed by atoms with Crippen LogP contribution in [0.3, 0.4) is 0 Å². The maximum atomic E-state index is 14.6. The molecule has 0 bridgehead atoms. The van der Waals surface area contributed by atoms with Crippen molar-refractivity contribution in [2.24, 2.45) is 10.3 Å². The molecule has 2 aromatic rings. The second-order valence-electron chi connectivity index (χ2n) is 10.00. The van der Waals surface area contributed by atoms with Crippen LogP contribution in [0.4, 0.5) is 11.4 Å². The number of hydrogen-bond acceptors (Lipinski definition) is 10. The summed E-state index contributed by atoms with van der Waals surface area (Å²) in [6, 6.07) is 10.7. The number of amidine groups is 1. The predicted molar refractivity (Wildman–Crippen MR) is 151 cm³/mol. The van der Waals surface area contributed by atoms with E-state index in [0.717, 1.165) is 12.3 Å². The zero-order chi connectivity index (χ0) is 29.5. The number of sulfonamides is 2. The second-order valence-corrected chi connectivity index (χ2v) is 13.3. The van der Waals surface area contributed by atoms with Crippen molar-refractivity contribution in [3.8, 4) is 0 Å². The number of ketones is 1. The van der Waals surface area contributed by atoms with Crippen molar-refractivity contribution in [2.45, 2.75) is 37.1 Å². The molecule has 1 atom stereocenters. The summed E-state index contributed by atoms with van der Waals surface area (Å²) in [4.78, 5) is 19.9. The normalized spacial score (nSPS) is 20.2. The predicted octanol–water partition coefficient (Wildman–Crippen LogP) is 3.22. The van der Waals surface area contributed by atoms with Gasteiger partial charge in [-0.05, 0) is 42.5 Å². The van der Waals surface area contributed by atoms with Crippen LogP contribution in [-0.4, -0.2) is 65.8 Å². The SMILES string of the molecule is COCN(OC)C1(CCC(C)C)C(=O)C(C2=NS(=O)(=O)c3cc(NS(C)(=O)=O)ccc3N2)=C(O)c2ccccc21. The van der Waals surface area contributed by atoms with Crippen molar-refractivity contribution >= 4 is 48.8 Å². The van der Waals surface area contributed by atoms with E-state index in [2.05, 4.69) is 14.4 Å². The fourth-order valence-corrected chi connectivity index (χ4v) is 6.64. The van der Waals surface area contributed by atoms with Crippen molar-refractivity contribution in [1.29, 1.82) is 0 Å². The molecule has 0 radical (unpaired) electrons. The van der Waals surface area contributed by atoms with E-state index in [0.29, 0.717) is 17.5 Å². The van der Waals surface area contributed by atoms with Gasteiger partial charge in [-0.25, -0.2) is 8.42 Å². The number of nitrogens with zero attached hydrogens (tertiary/aromatic N) is 2. The summed E-state index contributed by atoms with van der Waals surface area (Å²) >= 11 is 0. The van der Waals surface area contributed by atoms with Crippen molar-refractivity contribution < 1.29 is 36.3 Å². The molecule has 0 aromatic heterocycles. The molecule has 40 heavy (non-hydrogen) atoms. The number of carbonyl (C=O) groups is 1. The van der Waals surface area contributed by atoms with Gasteiger partial charge < -0.3 is 15.2 Å². The molecular formula is C26H32N4O8S2. The minimum absolute atomic E-state index is 0.0259. The third-order valence-corrected chi connectivity index (χ3v) is 8.63. The van der Waals surface area contributed by atoms with Gasteiger partial charge in [0, 0.05) is 18.4 Å². The highest BCUT2D eigenvalue weighted by Gasteiger charge is 2.54. The van der Waals surface area contributed by atoms with Crippen molar-refractivity contribution in [1.82, 2.24) is 5.06 Å². The monoisotopic (exact) mass is 592 g/mol. The third-order valence-electron chi connectivity index (χ3n) is 6.71. The summed E-state index contributed by atoms with van der Waals surface area (Å²) in [5, 5.41) is 15.7. The minimum Gasteiger partial charge on any atom is -0.506 e. The Morgan fingerprint density at radius 1 is 1.18 bits per heavy atom. The number of aliphatic hydroxyl groups is 1. The van der Waals surface area contributed by atoms with Gasteiger partial charge in [-0.15, -0.1) is 9.46 Å². The van der Waals surface area contributed by atoms with Crippen LogP contribution in [-0.2, 0) is 40.0 Å². The fraction of sp³-hybridized carbons (Fsp3) is 0.385. The molecule has 1 heterocycles. The zero-order valence-electron chi connectivity index (χ0n) is 22.8. The molecule has 2 aliphatic rings. The molecule has 0 saturated carbocycles. The number of anilines is 2. The molecule has 1 aliphatic heterocycles. The molecular weight excluding hydrogens is 560 g/mol. The summed E-state index contributed by atoms with van der Waals surface area (Å²) < 4.78 is 61.3. The molecule has 0 spiro atoms. The highest BCUT2D eigenvalue weighted by molar-refractivity contribution is 7.92. The molecule has 0 amide bonds. The van der Waals surface area contributed by atoms with E-state index >= 15 is 0 Å². The van der Waals surface area contributed by atoms with Crippen LogP contribution in [0.2, 0.25) is 0 Å². The summed E-state index contributed by atoms with van der Waals surface area (Å²) in [6.07, 6.45) is 1.80. The van der Waals surface area contributed by atoms with Crippen molar-refractivity contribution in [3.63, 3.8) is 0 Å². The number of rotatable bonds is 10. The van der Waals surface area contributed by atoms with Crippen LogP contribution < -0.4 is 10.0 Å². The summed E-state index contributed by atoms with van der Waals surface area (Å²) in [7, 11) is -5.22. The van der Waals surface area contributed by atoms with E-state index in [-0.39, 0.29) is 46.7 Å². The van der Waals surface area contributed by atoms with E-state index in [1.807, 2.05) is 13.8 Å². The highest BCUT2D eigenvalue weighted by Crippen LogP contribution is 2.46. The zero-order valence-corrected chi connectivity index (χ0v) is 24.4. The van der Waals surface area contributed by atoms with Gasteiger partial charge in [0.15, 0.2) is 11.6 Å². The second kappa shape index (κ2) is 10.9. The number of methoxy groups -OCH3 is 1. The quantitative estimate of drug-likeness (QED) is 0.276. The maximum absolute atomic E-state index is 14.6. The van der Waals surface area contributed by atoms with Crippen LogP contribution in [0.5, 0.6) is 0 Å². The van der Waals surface area contributed by atoms with E-state index in [4.69, 9.17) is 9.57 Å². The number of nitrogens with one attached hydrogen (secondary N) is 2. The molecule has 0 fully saturated rings. The minimum atomic E-state index is -4.42. The Labute approximate surface area is 233 Å². The fourth-order valence-electron chi connectivity index (χ4n) is 4.94. The van der Waals surface area contributed by atoms with Crippen molar-refractivity contribution in [3.05, 3.63) is 59.2 Å². The topological polar surface area (TPSA) is 164 Å². The van der Waals surface area contributed by atoms with Gasteiger partial charge in [0.05, 0.1) is 19.1 Å². The number of hydroxylamine groups is 2. The molecule has 14 heteroatoms.